The number of carboxylic acids is 1. The fourth-order valence-electron chi connectivity index (χ4n) is 1.15. The zero-order chi connectivity index (χ0) is 12.1. The molecule has 0 aliphatic carbocycles. The highest BCUT2D eigenvalue weighted by atomic mass is 35.5. The lowest BCUT2D eigenvalue weighted by molar-refractivity contribution is -0.139. The molecule has 1 amide bonds. The van der Waals surface area contributed by atoms with E-state index < -0.39 is 11.9 Å². The lowest BCUT2D eigenvalue weighted by Gasteiger charge is -2.09. The Bertz CT molecular complexity index is 389. The van der Waals surface area contributed by atoms with Crippen LogP contribution in [0.3, 0.4) is 0 Å². The highest BCUT2D eigenvalue weighted by Crippen LogP contribution is 2.14. The van der Waals surface area contributed by atoms with Crippen molar-refractivity contribution in [2.24, 2.45) is 5.92 Å². The maximum absolute atomic E-state index is 11.5. The van der Waals surface area contributed by atoms with E-state index in [0.29, 0.717) is 10.7 Å². The van der Waals surface area contributed by atoms with Crippen LogP contribution in [0.1, 0.15) is 13.3 Å². The van der Waals surface area contributed by atoms with Gasteiger partial charge in [0, 0.05) is 16.6 Å². The summed E-state index contributed by atoms with van der Waals surface area (Å²) in [6, 6.07) is 6.62. The smallest absolute Gasteiger partial charge is 0.304 e. The van der Waals surface area contributed by atoms with Gasteiger partial charge in [0.1, 0.15) is 0 Å². The lowest BCUT2D eigenvalue weighted by atomic mass is 10.1. The molecule has 0 saturated heterocycles. The van der Waals surface area contributed by atoms with Crippen molar-refractivity contribution in [2.45, 2.75) is 13.3 Å². The summed E-state index contributed by atoms with van der Waals surface area (Å²) in [6.45, 7) is 1.57. The van der Waals surface area contributed by atoms with E-state index in [2.05, 4.69) is 5.32 Å². The highest BCUT2D eigenvalue weighted by Gasteiger charge is 2.16. The number of carboxylic acid groups (broad SMARTS) is 1. The van der Waals surface area contributed by atoms with E-state index in [1.807, 2.05) is 0 Å². The standard InChI is InChI=1S/C11H12ClNO3/c1-7(6-10(14)15)11(16)13-9-4-2-8(12)3-5-9/h2-5,7H,6H2,1H3,(H,13,16)(H,14,15). The van der Waals surface area contributed by atoms with Gasteiger partial charge in [-0.1, -0.05) is 18.5 Å². The van der Waals surface area contributed by atoms with E-state index in [1.165, 1.54) is 0 Å². The third-order valence-electron chi connectivity index (χ3n) is 2.04. The first-order valence-electron chi connectivity index (χ1n) is 4.77. The fourth-order valence-corrected chi connectivity index (χ4v) is 1.28. The zero-order valence-corrected chi connectivity index (χ0v) is 9.49. The number of anilines is 1. The molecule has 1 aromatic rings. The van der Waals surface area contributed by atoms with Gasteiger partial charge >= 0.3 is 5.97 Å². The molecule has 0 saturated carbocycles. The zero-order valence-electron chi connectivity index (χ0n) is 8.74. The van der Waals surface area contributed by atoms with Gasteiger partial charge in [-0.05, 0) is 24.3 Å². The molecule has 0 aliphatic heterocycles. The molecule has 0 aromatic heterocycles. The van der Waals surface area contributed by atoms with E-state index in [-0.39, 0.29) is 12.3 Å². The summed E-state index contributed by atoms with van der Waals surface area (Å²) in [5, 5.41) is 11.7. The summed E-state index contributed by atoms with van der Waals surface area (Å²) in [5.74, 6) is -1.86. The molecule has 0 radical (unpaired) electrons. The van der Waals surface area contributed by atoms with E-state index in [0.717, 1.165) is 0 Å². The van der Waals surface area contributed by atoms with E-state index >= 15 is 0 Å². The quantitative estimate of drug-likeness (QED) is 0.851. The van der Waals surface area contributed by atoms with Crippen molar-refractivity contribution in [2.75, 3.05) is 5.32 Å². The minimum atomic E-state index is -0.987. The first-order valence-corrected chi connectivity index (χ1v) is 5.15. The molecule has 5 heteroatoms. The van der Waals surface area contributed by atoms with Crippen LogP contribution in [0.5, 0.6) is 0 Å². The minimum absolute atomic E-state index is 0.181. The van der Waals surface area contributed by atoms with Crippen LogP contribution in [0.4, 0.5) is 5.69 Å². The molecule has 2 N–H and O–H groups in total. The maximum atomic E-state index is 11.5. The monoisotopic (exact) mass is 241 g/mol. The van der Waals surface area contributed by atoms with Gasteiger partial charge in [0.05, 0.1) is 6.42 Å². The average molecular weight is 242 g/mol. The van der Waals surface area contributed by atoms with Gasteiger partial charge < -0.3 is 10.4 Å². The Labute approximate surface area is 98.2 Å². The second-order valence-corrected chi connectivity index (χ2v) is 3.93. The number of halogens is 1. The molecule has 1 unspecified atom stereocenters. The van der Waals surface area contributed by atoms with Crippen molar-refractivity contribution in [3.05, 3.63) is 29.3 Å². The Balaban J connectivity index is 2.57. The number of rotatable bonds is 4. The van der Waals surface area contributed by atoms with E-state index in [9.17, 15) is 9.59 Å². The molecule has 86 valence electrons. The minimum Gasteiger partial charge on any atom is -0.481 e. The third kappa shape index (κ3) is 3.90. The van der Waals surface area contributed by atoms with Crippen molar-refractivity contribution >= 4 is 29.2 Å². The number of nitrogens with one attached hydrogen (secondary N) is 1. The van der Waals surface area contributed by atoms with E-state index in [4.69, 9.17) is 16.7 Å². The maximum Gasteiger partial charge on any atom is 0.304 e. The van der Waals surface area contributed by atoms with Gasteiger partial charge in [-0.15, -0.1) is 0 Å². The van der Waals surface area contributed by atoms with Crippen molar-refractivity contribution in [1.29, 1.82) is 0 Å². The Morgan fingerprint density at radius 2 is 1.94 bits per heavy atom. The Hall–Kier alpha value is -1.55. The summed E-state index contributed by atoms with van der Waals surface area (Å²) in [6.07, 6.45) is -0.181. The molecule has 4 nitrogen and oxygen atoms in total. The molecule has 16 heavy (non-hydrogen) atoms. The first-order chi connectivity index (χ1) is 7.49. The largest absolute Gasteiger partial charge is 0.481 e. The van der Waals surface area contributed by atoms with Crippen LogP contribution < -0.4 is 5.32 Å². The lowest BCUT2D eigenvalue weighted by Crippen LogP contribution is -2.22. The topological polar surface area (TPSA) is 66.4 Å². The normalized spacial score (nSPS) is 11.9. The van der Waals surface area contributed by atoms with Crippen LogP contribution in [0, 0.1) is 5.92 Å². The predicted molar refractivity (Wildman–Crippen MR) is 61.5 cm³/mol. The van der Waals surface area contributed by atoms with Crippen molar-refractivity contribution in [3.63, 3.8) is 0 Å². The number of benzene rings is 1. The van der Waals surface area contributed by atoms with Crippen LogP contribution in [0.25, 0.3) is 0 Å². The predicted octanol–water partition coefficient (Wildman–Crippen LogP) is 2.39. The molecule has 0 bridgehead atoms. The summed E-state index contributed by atoms with van der Waals surface area (Å²) in [7, 11) is 0. The number of aliphatic carboxylic acids is 1. The Morgan fingerprint density at radius 1 is 1.38 bits per heavy atom. The van der Waals surface area contributed by atoms with Gasteiger partial charge in [0.2, 0.25) is 5.91 Å². The average Bonchev–Trinajstić information content (AvgIpc) is 2.20. The number of carbonyl (C=O) groups excluding carboxylic acids is 1. The highest BCUT2D eigenvalue weighted by molar-refractivity contribution is 6.30. The van der Waals surface area contributed by atoms with Gasteiger partial charge in [0.25, 0.3) is 0 Å². The molecule has 0 spiro atoms. The third-order valence-corrected chi connectivity index (χ3v) is 2.29. The Morgan fingerprint density at radius 3 is 2.44 bits per heavy atom. The molecule has 1 rings (SSSR count). The van der Waals surface area contributed by atoms with Gasteiger partial charge in [-0.25, -0.2) is 0 Å². The summed E-state index contributed by atoms with van der Waals surface area (Å²) in [4.78, 5) is 21.9. The van der Waals surface area contributed by atoms with Crippen LogP contribution in [-0.2, 0) is 9.59 Å². The molecule has 0 fully saturated rings. The second-order valence-electron chi connectivity index (χ2n) is 3.50. The molecule has 1 atom stereocenters. The van der Waals surface area contributed by atoms with Crippen LogP contribution in [-0.4, -0.2) is 17.0 Å². The van der Waals surface area contributed by atoms with Crippen molar-refractivity contribution in [3.8, 4) is 0 Å². The van der Waals surface area contributed by atoms with E-state index in [1.54, 1.807) is 31.2 Å². The first kappa shape index (κ1) is 12.5. The van der Waals surface area contributed by atoms with Crippen molar-refractivity contribution < 1.29 is 14.7 Å². The summed E-state index contributed by atoms with van der Waals surface area (Å²) < 4.78 is 0. The summed E-state index contributed by atoms with van der Waals surface area (Å²) >= 11 is 5.69. The SMILES string of the molecule is CC(CC(=O)O)C(=O)Nc1ccc(Cl)cc1. The van der Waals surface area contributed by atoms with Crippen LogP contribution >= 0.6 is 11.6 Å². The number of hydrogen-bond acceptors (Lipinski definition) is 2. The molecule has 0 heterocycles. The van der Waals surface area contributed by atoms with Crippen molar-refractivity contribution in [1.82, 2.24) is 0 Å². The van der Waals surface area contributed by atoms with Crippen LogP contribution in [0.2, 0.25) is 5.02 Å². The van der Waals surface area contributed by atoms with Gasteiger partial charge in [-0.2, -0.15) is 0 Å². The fraction of sp³-hybridized carbons (Fsp3) is 0.273. The van der Waals surface area contributed by atoms with Gasteiger partial charge in [0.15, 0.2) is 0 Å². The van der Waals surface area contributed by atoms with Crippen LogP contribution in [0.15, 0.2) is 24.3 Å². The molecule has 1 aromatic carbocycles. The number of hydrogen-bond donors (Lipinski definition) is 2. The molecular formula is C11H12ClNO3. The summed E-state index contributed by atoms with van der Waals surface area (Å²) in [5.41, 5.74) is 0.603. The molecular weight excluding hydrogens is 230 g/mol. The van der Waals surface area contributed by atoms with Gasteiger partial charge in [-0.3, -0.25) is 9.59 Å². The second kappa shape index (κ2) is 5.51. The molecule has 0 aliphatic rings. The Kier molecular flexibility index (Phi) is 4.31. The number of carbonyl (C=O) groups is 2. The number of amides is 1.